The van der Waals surface area contributed by atoms with Crippen molar-refractivity contribution in [1.82, 2.24) is 0 Å². The molecule has 0 amide bonds. The zero-order valence-electron chi connectivity index (χ0n) is 7.71. The summed E-state index contributed by atoms with van der Waals surface area (Å²) in [5.74, 6) is 1.10. The van der Waals surface area contributed by atoms with Crippen molar-refractivity contribution in [2.45, 2.75) is 25.9 Å². The predicted molar refractivity (Wildman–Crippen MR) is 46.8 cm³/mol. The van der Waals surface area contributed by atoms with Crippen LogP contribution in [-0.2, 0) is 4.74 Å². The third kappa shape index (κ3) is 0.824. The molecule has 0 unspecified atom stereocenters. The molecule has 68 valence electrons. The highest BCUT2D eigenvalue weighted by Gasteiger charge is 2.51. The van der Waals surface area contributed by atoms with Crippen molar-refractivity contribution in [2.24, 2.45) is 11.8 Å². The smallest absolute Gasteiger partial charge is 0.115 e. The maximum absolute atomic E-state index is 9.35. The van der Waals surface area contributed by atoms with Gasteiger partial charge in [0.05, 0.1) is 13.2 Å². The van der Waals surface area contributed by atoms with E-state index in [-0.39, 0.29) is 12.2 Å². The molecule has 2 nitrogen and oxygen atoms in total. The Morgan fingerprint density at radius 2 is 2.50 bits per heavy atom. The Bertz CT molecular complexity index is 222. The summed E-state index contributed by atoms with van der Waals surface area (Å²) in [6, 6.07) is 0. The van der Waals surface area contributed by atoms with E-state index in [4.69, 9.17) is 4.74 Å². The summed E-state index contributed by atoms with van der Waals surface area (Å²) in [4.78, 5) is 0. The summed E-state index contributed by atoms with van der Waals surface area (Å²) in [7, 11) is 0. The first-order valence-electron chi connectivity index (χ1n) is 4.63. The predicted octanol–water partition coefficient (Wildman–Crippen LogP) is 1.35. The van der Waals surface area contributed by atoms with Crippen LogP contribution in [-0.4, -0.2) is 23.9 Å². The van der Waals surface area contributed by atoms with E-state index >= 15 is 0 Å². The lowest BCUT2D eigenvalue weighted by molar-refractivity contribution is -0.0255. The van der Waals surface area contributed by atoms with Crippen LogP contribution in [0.5, 0.6) is 0 Å². The second-order valence-corrected chi connectivity index (χ2v) is 4.07. The number of allylic oxidation sites excluding steroid dienone is 1. The van der Waals surface area contributed by atoms with E-state index in [0.717, 1.165) is 13.0 Å². The van der Waals surface area contributed by atoms with E-state index in [1.54, 1.807) is 0 Å². The summed E-state index contributed by atoms with van der Waals surface area (Å²) in [6.07, 6.45) is 3.28. The third-order valence-electron chi connectivity index (χ3n) is 3.47. The van der Waals surface area contributed by atoms with E-state index < -0.39 is 0 Å². The van der Waals surface area contributed by atoms with Crippen LogP contribution in [0.2, 0.25) is 0 Å². The minimum absolute atomic E-state index is 0.143. The number of ether oxygens (including phenoxy) is 1. The molecule has 1 aliphatic carbocycles. The van der Waals surface area contributed by atoms with Crippen LogP contribution in [0, 0.1) is 11.8 Å². The summed E-state index contributed by atoms with van der Waals surface area (Å²) >= 11 is 0. The first-order valence-corrected chi connectivity index (χ1v) is 4.63. The van der Waals surface area contributed by atoms with E-state index in [0.29, 0.717) is 11.8 Å². The van der Waals surface area contributed by atoms with Crippen molar-refractivity contribution in [3.05, 3.63) is 11.6 Å². The van der Waals surface area contributed by atoms with Gasteiger partial charge in [0, 0.05) is 5.92 Å². The molecule has 1 aliphatic heterocycles. The van der Waals surface area contributed by atoms with Crippen LogP contribution < -0.4 is 0 Å². The molecule has 2 rings (SSSR count). The van der Waals surface area contributed by atoms with Gasteiger partial charge in [-0.25, -0.2) is 0 Å². The number of aliphatic hydroxyl groups is 1. The average molecular weight is 168 g/mol. The largest absolute Gasteiger partial charge is 0.393 e. The molecule has 2 aliphatic rings. The molecule has 0 aromatic heterocycles. The minimum atomic E-state index is -0.306. The fraction of sp³-hybridized carbons (Fsp3) is 0.800. The Kier molecular flexibility index (Phi) is 1.77. The quantitative estimate of drug-likeness (QED) is 0.599. The maximum Gasteiger partial charge on any atom is 0.115 e. The second kappa shape index (κ2) is 2.57. The number of hydrogen-bond acceptors (Lipinski definition) is 2. The van der Waals surface area contributed by atoms with Crippen molar-refractivity contribution in [3.63, 3.8) is 0 Å². The van der Waals surface area contributed by atoms with Crippen LogP contribution in [0.3, 0.4) is 0 Å². The van der Waals surface area contributed by atoms with Gasteiger partial charge in [0.25, 0.3) is 0 Å². The highest BCUT2D eigenvalue weighted by molar-refractivity contribution is 5.26. The molecule has 12 heavy (non-hydrogen) atoms. The average Bonchev–Trinajstić information content (AvgIpc) is 2.55. The second-order valence-electron chi connectivity index (χ2n) is 4.07. The summed E-state index contributed by atoms with van der Waals surface area (Å²) < 4.78 is 5.72. The molecule has 3 atom stereocenters. The Morgan fingerprint density at radius 3 is 3.08 bits per heavy atom. The molecule has 1 fully saturated rings. The third-order valence-corrected chi connectivity index (χ3v) is 3.47. The molecule has 2 heteroatoms. The lowest BCUT2D eigenvalue weighted by atomic mass is 9.82. The van der Waals surface area contributed by atoms with Gasteiger partial charge in [-0.1, -0.05) is 13.0 Å². The molecule has 0 saturated carbocycles. The summed E-state index contributed by atoms with van der Waals surface area (Å²) in [6.45, 7) is 5.21. The maximum atomic E-state index is 9.35. The molecule has 1 N–H and O–H groups in total. The van der Waals surface area contributed by atoms with Crippen LogP contribution in [0.4, 0.5) is 0 Å². The first kappa shape index (κ1) is 8.27. The van der Waals surface area contributed by atoms with Gasteiger partial charge in [0.15, 0.2) is 0 Å². The normalized spacial score (nSPS) is 46.1. The molecule has 0 spiro atoms. The van der Waals surface area contributed by atoms with Crippen LogP contribution in [0.25, 0.3) is 0 Å². The van der Waals surface area contributed by atoms with Crippen molar-refractivity contribution in [3.8, 4) is 0 Å². The van der Waals surface area contributed by atoms with Crippen molar-refractivity contribution >= 4 is 0 Å². The van der Waals surface area contributed by atoms with Gasteiger partial charge in [-0.2, -0.15) is 0 Å². The van der Waals surface area contributed by atoms with Crippen LogP contribution in [0.15, 0.2) is 11.6 Å². The van der Waals surface area contributed by atoms with Gasteiger partial charge in [-0.05, 0) is 24.8 Å². The van der Waals surface area contributed by atoms with Gasteiger partial charge < -0.3 is 9.84 Å². The van der Waals surface area contributed by atoms with Gasteiger partial charge in [0.2, 0.25) is 0 Å². The molecule has 0 aromatic carbocycles. The Hall–Kier alpha value is -0.340. The number of aliphatic hydroxyl groups excluding tert-OH is 1. The van der Waals surface area contributed by atoms with Crippen molar-refractivity contribution in [2.75, 3.05) is 13.2 Å². The molecule has 0 radical (unpaired) electrons. The number of hydrogen-bond donors (Lipinski definition) is 1. The van der Waals surface area contributed by atoms with Crippen molar-refractivity contribution in [1.29, 1.82) is 0 Å². The number of fused-ring (bicyclic) bond motifs is 1. The van der Waals surface area contributed by atoms with E-state index in [1.165, 1.54) is 5.57 Å². The Balaban J connectivity index is 2.31. The monoisotopic (exact) mass is 168 g/mol. The fourth-order valence-electron chi connectivity index (χ4n) is 2.56. The fourth-order valence-corrected chi connectivity index (χ4v) is 2.56. The topological polar surface area (TPSA) is 29.5 Å². The molecule has 0 aromatic rings. The molecular formula is C10H16O2. The molecule has 0 bridgehead atoms. The highest BCUT2D eigenvalue weighted by atomic mass is 16.5. The van der Waals surface area contributed by atoms with Crippen molar-refractivity contribution < 1.29 is 9.84 Å². The Labute approximate surface area is 73.2 Å². The number of rotatable bonds is 1. The Morgan fingerprint density at radius 1 is 1.75 bits per heavy atom. The van der Waals surface area contributed by atoms with Crippen LogP contribution in [0.1, 0.15) is 20.3 Å². The molecule has 1 heterocycles. The standard InChI is InChI=1S/C10H16O2/c1-7-5-12-10(6-11)8(2)3-4-9(7)10/h3,7,9,11H,4-6H2,1-2H3/t7-,9-,10-/m1/s1. The SMILES string of the molecule is CC1=CC[C@@H]2[C@H](C)CO[C@]12CO. The highest BCUT2D eigenvalue weighted by Crippen LogP contribution is 2.47. The van der Waals surface area contributed by atoms with E-state index in [2.05, 4.69) is 19.9 Å². The van der Waals surface area contributed by atoms with Crippen LogP contribution >= 0.6 is 0 Å². The zero-order valence-corrected chi connectivity index (χ0v) is 7.71. The first-order chi connectivity index (χ1) is 5.70. The van der Waals surface area contributed by atoms with Gasteiger partial charge in [-0.3, -0.25) is 0 Å². The van der Waals surface area contributed by atoms with Gasteiger partial charge >= 0.3 is 0 Å². The van der Waals surface area contributed by atoms with E-state index in [1.807, 2.05) is 0 Å². The minimum Gasteiger partial charge on any atom is -0.393 e. The lowest BCUT2D eigenvalue weighted by Crippen LogP contribution is -2.38. The van der Waals surface area contributed by atoms with Gasteiger partial charge in [0.1, 0.15) is 5.60 Å². The molecule has 1 saturated heterocycles. The van der Waals surface area contributed by atoms with Gasteiger partial charge in [-0.15, -0.1) is 0 Å². The zero-order chi connectivity index (χ0) is 8.77. The summed E-state index contributed by atoms with van der Waals surface area (Å²) in [5, 5.41) is 9.35. The van der Waals surface area contributed by atoms with E-state index in [9.17, 15) is 5.11 Å². The summed E-state index contributed by atoms with van der Waals surface area (Å²) in [5.41, 5.74) is 0.915. The molecular weight excluding hydrogens is 152 g/mol. The lowest BCUT2D eigenvalue weighted by Gasteiger charge is -2.29.